The molecule has 0 aromatic heterocycles. The Morgan fingerprint density at radius 2 is 1.60 bits per heavy atom. The minimum absolute atomic E-state index is 0.165. The van der Waals surface area contributed by atoms with Gasteiger partial charge in [0.2, 0.25) is 0 Å². The fourth-order valence-corrected chi connectivity index (χ4v) is 3.74. The van der Waals surface area contributed by atoms with E-state index in [0.717, 1.165) is 18.7 Å². The molecule has 25 heavy (non-hydrogen) atoms. The van der Waals surface area contributed by atoms with Crippen molar-refractivity contribution < 1.29 is 5.11 Å². The highest BCUT2D eigenvalue weighted by Gasteiger charge is 2.31. The van der Waals surface area contributed by atoms with Gasteiger partial charge in [-0.05, 0) is 34.9 Å². The average Bonchev–Trinajstić information content (AvgIpc) is 2.63. The molecule has 0 radical (unpaired) electrons. The van der Waals surface area contributed by atoms with Crippen LogP contribution >= 0.6 is 0 Å². The largest absolute Gasteiger partial charge is 0.508 e. The Bertz CT molecular complexity index is 848. The van der Waals surface area contributed by atoms with Gasteiger partial charge in [0, 0.05) is 25.8 Å². The lowest BCUT2D eigenvalue weighted by Gasteiger charge is -2.44. The van der Waals surface area contributed by atoms with Crippen molar-refractivity contribution in [2.75, 3.05) is 11.9 Å². The molecule has 1 N–H and O–H groups in total. The molecule has 1 aliphatic heterocycles. The van der Waals surface area contributed by atoms with Crippen molar-refractivity contribution in [3.05, 3.63) is 95.6 Å². The van der Waals surface area contributed by atoms with Crippen LogP contribution in [-0.2, 0) is 13.1 Å². The molecule has 1 heterocycles. The number of benzene rings is 3. The highest BCUT2D eigenvalue weighted by Crippen LogP contribution is 2.39. The third kappa shape index (κ3) is 3.11. The Balaban J connectivity index is 1.75. The molecule has 0 spiro atoms. The number of rotatable bonds is 3. The Hall–Kier alpha value is -2.78. The molecule has 4 rings (SSSR count). The standard InChI is InChI=1S/C22H22N2O/c1-23-21-13-12-20(25)14-19(21)16-24(15-17-8-4-2-5-9-17)22(23)18-10-6-3-7-11-18/h2-14,22,25H,15-16H2,1H3. The smallest absolute Gasteiger partial charge is 0.116 e. The SMILES string of the molecule is CN1c2ccc(O)cc2CN(Cc2ccccc2)C1c1ccccc1. The highest BCUT2D eigenvalue weighted by atomic mass is 16.3. The molecule has 1 atom stereocenters. The summed E-state index contributed by atoms with van der Waals surface area (Å²) in [5, 5.41) is 9.90. The predicted molar refractivity (Wildman–Crippen MR) is 101 cm³/mol. The summed E-state index contributed by atoms with van der Waals surface area (Å²) in [6, 6.07) is 26.8. The lowest BCUT2D eigenvalue weighted by atomic mass is 10.0. The van der Waals surface area contributed by atoms with Gasteiger partial charge in [-0.25, -0.2) is 0 Å². The van der Waals surface area contributed by atoms with Gasteiger partial charge in [0.1, 0.15) is 11.9 Å². The summed E-state index contributed by atoms with van der Waals surface area (Å²) in [7, 11) is 2.13. The van der Waals surface area contributed by atoms with Crippen LogP contribution in [0.2, 0.25) is 0 Å². The quantitative estimate of drug-likeness (QED) is 0.763. The van der Waals surface area contributed by atoms with Gasteiger partial charge in [0.15, 0.2) is 0 Å². The van der Waals surface area contributed by atoms with Crippen LogP contribution in [0.3, 0.4) is 0 Å². The fourth-order valence-electron chi connectivity index (χ4n) is 3.74. The Kier molecular flexibility index (Phi) is 4.16. The molecular formula is C22H22N2O. The normalized spacial score (nSPS) is 17.3. The molecular weight excluding hydrogens is 308 g/mol. The Morgan fingerprint density at radius 1 is 0.920 bits per heavy atom. The van der Waals surface area contributed by atoms with E-state index < -0.39 is 0 Å². The van der Waals surface area contributed by atoms with E-state index in [-0.39, 0.29) is 6.17 Å². The highest BCUT2D eigenvalue weighted by molar-refractivity contribution is 5.58. The third-order valence-electron chi connectivity index (χ3n) is 4.86. The van der Waals surface area contributed by atoms with Gasteiger partial charge in [-0.1, -0.05) is 60.7 Å². The molecule has 0 bridgehead atoms. The van der Waals surface area contributed by atoms with Crippen molar-refractivity contribution in [1.82, 2.24) is 4.90 Å². The van der Waals surface area contributed by atoms with Crippen LogP contribution in [0.5, 0.6) is 5.75 Å². The Labute approximate surface area is 148 Å². The molecule has 0 saturated carbocycles. The molecule has 0 fully saturated rings. The second-order valence-electron chi connectivity index (χ2n) is 6.60. The molecule has 126 valence electrons. The zero-order chi connectivity index (χ0) is 17.2. The van der Waals surface area contributed by atoms with Crippen LogP contribution < -0.4 is 4.90 Å². The first kappa shape index (κ1) is 15.7. The van der Waals surface area contributed by atoms with Crippen LogP contribution in [0.4, 0.5) is 5.69 Å². The number of phenols is 1. The van der Waals surface area contributed by atoms with E-state index in [1.54, 1.807) is 6.07 Å². The van der Waals surface area contributed by atoms with E-state index in [9.17, 15) is 5.11 Å². The summed E-state index contributed by atoms with van der Waals surface area (Å²) in [6.07, 6.45) is 0.165. The van der Waals surface area contributed by atoms with Crippen LogP contribution in [0.15, 0.2) is 78.9 Å². The summed E-state index contributed by atoms with van der Waals surface area (Å²) < 4.78 is 0. The molecule has 0 amide bonds. The van der Waals surface area contributed by atoms with Crippen LogP contribution in [0.25, 0.3) is 0 Å². The maximum absolute atomic E-state index is 9.90. The number of anilines is 1. The predicted octanol–water partition coefficient (Wildman–Crippen LogP) is 4.54. The first-order chi connectivity index (χ1) is 12.2. The molecule has 3 aromatic rings. The minimum Gasteiger partial charge on any atom is -0.508 e. The van der Waals surface area contributed by atoms with Crippen molar-refractivity contribution in [1.29, 1.82) is 0 Å². The maximum Gasteiger partial charge on any atom is 0.116 e. The zero-order valence-corrected chi connectivity index (χ0v) is 14.3. The summed E-state index contributed by atoms with van der Waals surface area (Å²) in [5.41, 5.74) is 4.90. The summed E-state index contributed by atoms with van der Waals surface area (Å²) in [5.74, 6) is 0.324. The maximum atomic E-state index is 9.90. The molecule has 1 unspecified atom stereocenters. The zero-order valence-electron chi connectivity index (χ0n) is 14.3. The number of hydrogen-bond acceptors (Lipinski definition) is 3. The van der Waals surface area contributed by atoms with Crippen LogP contribution in [0, 0.1) is 0 Å². The average molecular weight is 330 g/mol. The Morgan fingerprint density at radius 3 is 2.32 bits per heavy atom. The lowest BCUT2D eigenvalue weighted by Crippen LogP contribution is -2.43. The first-order valence-electron chi connectivity index (χ1n) is 8.60. The fraction of sp³-hybridized carbons (Fsp3) is 0.182. The number of aromatic hydroxyl groups is 1. The van der Waals surface area contributed by atoms with E-state index >= 15 is 0 Å². The van der Waals surface area contributed by atoms with Crippen molar-refractivity contribution in [2.24, 2.45) is 0 Å². The van der Waals surface area contributed by atoms with Crippen molar-refractivity contribution >= 4 is 5.69 Å². The van der Waals surface area contributed by atoms with Crippen molar-refractivity contribution in [3.8, 4) is 5.75 Å². The number of hydrogen-bond donors (Lipinski definition) is 1. The van der Waals surface area contributed by atoms with Gasteiger partial charge < -0.3 is 10.0 Å². The van der Waals surface area contributed by atoms with Gasteiger partial charge in [-0.2, -0.15) is 0 Å². The monoisotopic (exact) mass is 330 g/mol. The lowest BCUT2D eigenvalue weighted by molar-refractivity contribution is 0.165. The third-order valence-corrected chi connectivity index (χ3v) is 4.86. The van der Waals surface area contributed by atoms with E-state index in [4.69, 9.17) is 0 Å². The van der Waals surface area contributed by atoms with E-state index in [0.29, 0.717) is 5.75 Å². The van der Waals surface area contributed by atoms with Crippen molar-refractivity contribution in [3.63, 3.8) is 0 Å². The van der Waals surface area contributed by atoms with Crippen LogP contribution in [0.1, 0.15) is 22.9 Å². The van der Waals surface area contributed by atoms with E-state index in [2.05, 4.69) is 71.4 Å². The summed E-state index contributed by atoms with van der Waals surface area (Å²) in [4.78, 5) is 4.75. The second-order valence-corrected chi connectivity index (χ2v) is 6.60. The minimum atomic E-state index is 0.165. The summed E-state index contributed by atoms with van der Waals surface area (Å²) in [6.45, 7) is 1.67. The van der Waals surface area contributed by atoms with Gasteiger partial charge >= 0.3 is 0 Å². The van der Waals surface area contributed by atoms with Gasteiger partial charge in [0.25, 0.3) is 0 Å². The van der Waals surface area contributed by atoms with E-state index in [1.807, 2.05) is 18.2 Å². The number of nitrogens with zero attached hydrogens (tertiary/aromatic N) is 2. The molecule has 0 saturated heterocycles. The van der Waals surface area contributed by atoms with Gasteiger partial charge in [-0.15, -0.1) is 0 Å². The van der Waals surface area contributed by atoms with Gasteiger partial charge in [-0.3, -0.25) is 4.90 Å². The topological polar surface area (TPSA) is 26.7 Å². The summed E-state index contributed by atoms with van der Waals surface area (Å²) >= 11 is 0. The van der Waals surface area contributed by atoms with Gasteiger partial charge in [0.05, 0.1) is 0 Å². The molecule has 1 aliphatic rings. The number of phenolic OH excluding ortho intramolecular Hbond substituents is 1. The molecule has 3 heteroatoms. The molecule has 0 aliphatic carbocycles. The van der Waals surface area contributed by atoms with E-state index in [1.165, 1.54) is 16.8 Å². The second kappa shape index (κ2) is 6.61. The van der Waals surface area contributed by atoms with Crippen LogP contribution in [-0.4, -0.2) is 17.1 Å². The number of fused-ring (bicyclic) bond motifs is 1. The van der Waals surface area contributed by atoms with Crippen molar-refractivity contribution in [2.45, 2.75) is 19.3 Å². The first-order valence-corrected chi connectivity index (χ1v) is 8.60. The molecule has 3 aromatic carbocycles. The molecule has 3 nitrogen and oxygen atoms in total.